The molecule has 0 radical (unpaired) electrons. The number of aliphatic hydroxyl groups excluding tert-OH is 1. The summed E-state index contributed by atoms with van der Waals surface area (Å²) >= 11 is 0. The van der Waals surface area contributed by atoms with Crippen LogP contribution in [0.3, 0.4) is 0 Å². The van der Waals surface area contributed by atoms with Crippen LogP contribution in [-0.4, -0.2) is 34.6 Å². The van der Waals surface area contributed by atoms with E-state index in [2.05, 4.69) is 4.99 Å². The van der Waals surface area contributed by atoms with Gasteiger partial charge in [0, 0.05) is 11.3 Å². The van der Waals surface area contributed by atoms with E-state index in [1.807, 2.05) is 30.3 Å². The Labute approximate surface area is 139 Å². The van der Waals surface area contributed by atoms with E-state index < -0.39 is 12.2 Å². The minimum Gasteiger partial charge on any atom is -0.548 e. The normalized spacial score (nSPS) is 18.4. The Bertz CT molecular complexity index is 555. The van der Waals surface area contributed by atoms with Gasteiger partial charge in [-0.1, -0.05) is 30.3 Å². The first-order valence-electron chi connectivity index (χ1n) is 5.96. The molecule has 20 heavy (non-hydrogen) atoms. The molecule has 1 aromatic rings. The first kappa shape index (κ1) is 16.9. The van der Waals surface area contributed by atoms with Crippen LogP contribution in [0, 0.1) is 0 Å². The molecule has 1 aliphatic heterocycles. The summed E-state index contributed by atoms with van der Waals surface area (Å²) in [7, 11) is 0. The number of benzene rings is 1. The minimum atomic E-state index is -1.18. The molecule has 1 atom stereocenters. The molecule has 2 rings (SSSR count). The second-order valence-electron chi connectivity index (χ2n) is 4.37. The van der Waals surface area contributed by atoms with Crippen molar-refractivity contribution in [2.45, 2.75) is 20.1 Å². The average Bonchev–Trinajstić information content (AvgIpc) is 2.35. The van der Waals surface area contributed by atoms with Crippen molar-refractivity contribution in [3.8, 4) is 0 Å². The molecule has 0 aliphatic carbocycles. The van der Waals surface area contributed by atoms with Crippen molar-refractivity contribution in [1.82, 2.24) is 4.90 Å². The molecule has 0 aromatic heterocycles. The summed E-state index contributed by atoms with van der Waals surface area (Å²) < 4.78 is 0. The van der Waals surface area contributed by atoms with Crippen LogP contribution < -0.4 is 34.7 Å². The van der Waals surface area contributed by atoms with Gasteiger partial charge < -0.3 is 19.9 Å². The Morgan fingerprint density at radius 3 is 2.50 bits per heavy atom. The molecular weight excluding hydrogens is 267 g/mol. The Balaban J connectivity index is 0.00000200. The number of hydrogen-bond acceptors (Lipinski definition) is 5. The summed E-state index contributed by atoms with van der Waals surface area (Å²) in [6.07, 6.45) is -0.972. The molecule has 5 nitrogen and oxygen atoms in total. The largest absolute Gasteiger partial charge is 1.00 e. The van der Waals surface area contributed by atoms with E-state index in [4.69, 9.17) is 0 Å². The van der Waals surface area contributed by atoms with Crippen molar-refractivity contribution in [2.24, 2.45) is 4.99 Å². The van der Waals surface area contributed by atoms with Gasteiger partial charge in [-0.2, -0.15) is 0 Å². The molecule has 0 fully saturated rings. The number of aliphatic carboxylic acids is 1. The molecule has 1 aromatic carbocycles. The number of carboxylic acids is 1. The first-order chi connectivity index (χ1) is 9.00. The zero-order chi connectivity index (χ0) is 14.0. The molecule has 6 heteroatoms. The second kappa shape index (κ2) is 7.04. The van der Waals surface area contributed by atoms with Gasteiger partial charge in [-0.25, -0.2) is 4.99 Å². The summed E-state index contributed by atoms with van der Waals surface area (Å²) in [6, 6.07) is 9.31. The molecule has 0 saturated carbocycles. The third-order valence-corrected chi connectivity index (χ3v) is 3.12. The molecule has 1 heterocycles. The van der Waals surface area contributed by atoms with Crippen LogP contribution in [0.15, 0.2) is 41.0 Å². The van der Waals surface area contributed by atoms with E-state index in [1.165, 1.54) is 4.90 Å². The number of aliphatic imine (C=N–C) groups is 1. The van der Waals surface area contributed by atoms with Gasteiger partial charge >= 0.3 is 29.6 Å². The number of aliphatic hydroxyl groups is 1. The van der Waals surface area contributed by atoms with Crippen molar-refractivity contribution < 1.29 is 44.6 Å². The van der Waals surface area contributed by atoms with E-state index >= 15 is 0 Å². The molecule has 0 saturated heterocycles. The fraction of sp³-hybridized carbons (Fsp3) is 0.286. The maximum atomic E-state index is 10.8. The van der Waals surface area contributed by atoms with Crippen molar-refractivity contribution in [3.05, 3.63) is 41.6 Å². The molecule has 1 aliphatic rings. The third kappa shape index (κ3) is 3.49. The molecule has 1 N–H and O–H groups in total. The number of allylic oxidation sites excluding steroid dienone is 1. The third-order valence-electron chi connectivity index (χ3n) is 3.12. The molecule has 0 spiro atoms. The van der Waals surface area contributed by atoms with E-state index in [1.54, 1.807) is 13.8 Å². The number of rotatable bonds is 3. The molecule has 1 unspecified atom stereocenters. The van der Waals surface area contributed by atoms with Gasteiger partial charge in [0.1, 0.15) is 5.84 Å². The van der Waals surface area contributed by atoms with E-state index in [0.29, 0.717) is 17.1 Å². The number of amidine groups is 1. The van der Waals surface area contributed by atoms with Crippen molar-refractivity contribution in [3.63, 3.8) is 0 Å². The number of carbonyl (C=O) groups excluding carboxylic acids is 1. The van der Waals surface area contributed by atoms with Crippen LogP contribution in [0.4, 0.5) is 0 Å². The number of carboxylic acid groups (broad SMARTS) is 1. The Morgan fingerprint density at radius 1 is 1.35 bits per heavy atom. The molecule has 0 amide bonds. The molecular formula is C14H15N2NaO3. The topological polar surface area (TPSA) is 76.0 Å². The van der Waals surface area contributed by atoms with E-state index in [-0.39, 0.29) is 36.1 Å². The number of hydrogen-bond donors (Lipinski definition) is 1. The van der Waals surface area contributed by atoms with Crippen LogP contribution in [0.5, 0.6) is 0 Å². The van der Waals surface area contributed by atoms with Gasteiger partial charge in [-0.05, 0) is 19.4 Å². The van der Waals surface area contributed by atoms with Gasteiger partial charge in [0.2, 0.25) is 0 Å². The fourth-order valence-electron chi connectivity index (χ4n) is 2.22. The average molecular weight is 282 g/mol. The Kier molecular flexibility index (Phi) is 5.95. The fourth-order valence-corrected chi connectivity index (χ4v) is 2.22. The zero-order valence-corrected chi connectivity index (χ0v) is 13.8. The summed E-state index contributed by atoms with van der Waals surface area (Å²) in [4.78, 5) is 16.4. The number of nitrogens with zero attached hydrogens (tertiary/aromatic N) is 2. The van der Waals surface area contributed by atoms with Crippen molar-refractivity contribution in [1.29, 1.82) is 0 Å². The van der Waals surface area contributed by atoms with Crippen LogP contribution in [0.25, 0.3) is 5.57 Å². The standard InChI is InChI=1S/C14H16N2O3.Na/c1-9-13(11-6-4-3-5-7-11)14(19)15-10(2)16(9)8-12(17)18;/h3-7,14,19H,8H2,1-2H3,(H,17,18);/q;+1/p-1. The SMILES string of the molecule is CC1=NC(O)C(c2ccccc2)=C(C)N1CC(=O)[O-].[Na+]. The van der Waals surface area contributed by atoms with Crippen LogP contribution in [-0.2, 0) is 4.79 Å². The summed E-state index contributed by atoms with van der Waals surface area (Å²) in [5, 5.41) is 20.9. The summed E-state index contributed by atoms with van der Waals surface area (Å²) in [5.74, 6) is -0.716. The van der Waals surface area contributed by atoms with E-state index in [9.17, 15) is 15.0 Å². The van der Waals surface area contributed by atoms with Crippen LogP contribution in [0.2, 0.25) is 0 Å². The van der Waals surface area contributed by atoms with Crippen molar-refractivity contribution >= 4 is 17.4 Å². The zero-order valence-electron chi connectivity index (χ0n) is 11.8. The minimum absolute atomic E-state index is 0. The monoisotopic (exact) mass is 282 g/mol. The van der Waals surface area contributed by atoms with Gasteiger partial charge in [0.05, 0.1) is 12.5 Å². The maximum Gasteiger partial charge on any atom is 1.00 e. The van der Waals surface area contributed by atoms with Gasteiger partial charge in [-0.15, -0.1) is 0 Å². The smallest absolute Gasteiger partial charge is 0.548 e. The van der Waals surface area contributed by atoms with Gasteiger partial charge in [0.15, 0.2) is 6.23 Å². The van der Waals surface area contributed by atoms with Crippen LogP contribution >= 0.6 is 0 Å². The summed E-state index contributed by atoms with van der Waals surface area (Å²) in [6.45, 7) is 3.16. The second-order valence-corrected chi connectivity index (χ2v) is 4.37. The molecule has 100 valence electrons. The van der Waals surface area contributed by atoms with E-state index in [0.717, 1.165) is 5.56 Å². The predicted octanol–water partition coefficient (Wildman–Crippen LogP) is -2.78. The quantitative estimate of drug-likeness (QED) is 0.609. The molecule has 0 bridgehead atoms. The predicted molar refractivity (Wildman–Crippen MR) is 69.9 cm³/mol. The number of carbonyl (C=O) groups is 1. The Morgan fingerprint density at radius 2 is 1.95 bits per heavy atom. The van der Waals surface area contributed by atoms with Crippen molar-refractivity contribution in [2.75, 3.05) is 6.54 Å². The first-order valence-corrected chi connectivity index (χ1v) is 5.96. The maximum absolute atomic E-state index is 10.8. The van der Waals surface area contributed by atoms with Crippen LogP contribution in [0.1, 0.15) is 19.4 Å². The van der Waals surface area contributed by atoms with Gasteiger partial charge in [0.25, 0.3) is 0 Å². The van der Waals surface area contributed by atoms with Gasteiger partial charge in [-0.3, -0.25) is 0 Å². The summed E-state index contributed by atoms with van der Waals surface area (Å²) in [5.41, 5.74) is 2.12. The Hall–Kier alpha value is -1.14.